The number of rotatable bonds is 10. The lowest BCUT2D eigenvalue weighted by molar-refractivity contribution is 0.0204. The molecule has 3 rings (SSSR count). The molecule has 32 heavy (non-hydrogen) atoms. The van der Waals surface area contributed by atoms with Crippen molar-refractivity contribution < 1.29 is 9.47 Å². The third-order valence-corrected chi connectivity index (χ3v) is 9.24. The van der Waals surface area contributed by atoms with Gasteiger partial charge in [0, 0.05) is 6.61 Å². The largest absolute Gasteiger partial charge is 0.504 e. The maximum Gasteiger partial charge on any atom is 0.0816 e. The molecule has 3 fully saturated rings. The molecule has 0 heterocycles. The quantitative estimate of drug-likeness (QED) is 0.239. The Labute approximate surface area is 201 Å². The van der Waals surface area contributed by atoms with Crippen LogP contribution in [0.4, 0.5) is 0 Å². The third-order valence-electron chi connectivity index (χ3n) is 8.82. The average molecular weight is 463 g/mol. The lowest BCUT2D eigenvalue weighted by Gasteiger charge is -2.36. The first-order valence-electron chi connectivity index (χ1n) is 13.9. The van der Waals surface area contributed by atoms with E-state index in [-0.39, 0.29) is 0 Å². The lowest BCUT2D eigenvalue weighted by atomic mass is 9.70. The molecule has 0 saturated heterocycles. The van der Waals surface area contributed by atoms with E-state index in [2.05, 4.69) is 29.2 Å². The van der Waals surface area contributed by atoms with Gasteiger partial charge in [-0.1, -0.05) is 24.7 Å². The van der Waals surface area contributed by atoms with Gasteiger partial charge < -0.3 is 9.47 Å². The normalized spacial score (nSPS) is 33.1. The van der Waals surface area contributed by atoms with Crippen LogP contribution < -0.4 is 0 Å². The van der Waals surface area contributed by atoms with Crippen molar-refractivity contribution >= 4 is 9.24 Å². The molecule has 0 aromatic heterocycles. The molecule has 184 valence electrons. The van der Waals surface area contributed by atoms with Gasteiger partial charge in [0.2, 0.25) is 0 Å². The summed E-state index contributed by atoms with van der Waals surface area (Å²) in [6.45, 7) is 5.36. The Bertz CT molecular complexity index is 572. The summed E-state index contributed by atoms with van der Waals surface area (Å²) in [6, 6.07) is 0. The van der Waals surface area contributed by atoms with Crippen molar-refractivity contribution in [3.05, 3.63) is 23.2 Å². The second-order valence-corrected chi connectivity index (χ2v) is 11.8. The summed E-state index contributed by atoms with van der Waals surface area (Å²) in [5, 5.41) is 1.60. The van der Waals surface area contributed by atoms with E-state index in [1.807, 2.05) is 6.26 Å². The molecule has 2 atom stereocenters. The molecule has 0 bridgehead atoms. The molecule has 0 aromatic rings. The van der Waals surface area contributed by atoms with Crippen molar-refractivity contribution in [3.8, 4) is 0 Å². The molecular formula is C29H51O2P. The Morgan fingerprint density at radius 3 is 2.19 bits per heavy atom. The monoisotopic (exact) mass is 462 g/mol. The van der Waals surface area contributed by atoms with Crippen LogP contribution in [0.15, 0.2) is 23.2 Å². The van der Waals surface area contributed by atoms with Crippen LogP contribution in [0.3, 0.4) is 0 Å². The molecule has 3 saturated carbocycles. The second-order valence-electron chi connectivity index (χ2n) is 11.0. The van der Waals surface area contributed by atoms with Crippen LogP contribution in [-0.4, -0.2) is 19.8 Å². The highest BCUT2D eigenvalue weighted by molar-refractivity contribution is 7.22. The van der Waals surface area contributed by atoms with E-state index in [4.69, 9.17) is 9.47 Å². The van der Waals surface area contributed by atoms with Crippen LogP contribution in [0, 0.1) is 29.6 Å². The minimum Gasteiger partial charge on any atom is -0.504 e. The molecular weight excluding hydrogens is 411 g/mol. The molecule has 3 aliphatic carbocycles. The molecule has 3 aliphatic rings. The standard InChI is InChI=1S/C29H51O2P/c1-4-6-27(26-15-17-28(18-16-26)31-5-2)20-29(32)19-22-7-11-24(12-8-22)25-13-9-23(10-14-25)21-30-3/h20-22,24-28H,4-19,32H2,1-3H3/b23-21?,29-20+. The van der Waals surface area contributed by atoms with Crippen molar-refractivity contribution in [2.24, 2.45) is 29.6 Å². The van der Waals surface area contributed by atoms with Gasteiger partial charge in [-0.2, -0.15) is 0 Å². The number of hydrogen-bond acceptors (Lipinski definition) is 2. The van der Waals surface area contributed by atoms with Crippen molar-refractivity contribution in [1.29, 1.82) is 0 Å². The molecule has 0 aliphatic heterocycles. The Kier molecular flexibility index (Phi) is 11.6. The predicted octanol–water partition coefficient (Wildman–Crippen LogP) is 8.67. The molecule has 0 spiro atoms. The second kappa shape index (κ2) is 14.2. The number of allylic oxidation sites excluding steroid dienone is 3. The molecule has 0 radical (unpaired) electrons. The van der Waals surface area contributed by atoms with Gasteiger partial charge in [-0.3, -0.25) is 0 Å². The molecule has 2 nitrogen and oxygen atoms in total. The highest BCUT2D eigenvalue weighted by Crippen LogP contribution is 2.43. The van der Waals surface area contributed by atoms with Crippen molar-refractivity contribution in [2.45, 2.75) is 116 Å². The van der Waals surface area contributed by atoms with E-state index in [9.17, 15) is 0 Å². The van der Waals surface area contributed by atoms with E-state index in [1.165, 1.54) is 102 Å². The summed E-state index contributed by atoms with van der Waals surface area (Å²) in [4.78, 5) is 0. The summed E-state index contributed by atoms with van der Waals surface area (Å²) < 4.78 is 11.1. The van der Waals surface area contributed by atoms with Crippen molar-refractivity contribution in [3.63, 3.8) is 0 Å². The predicted molar refractivity (Wildman–Crippen MR) is 141 cm³/mol. The minimum absolute atomic E-state index is 0.528. The lowest BCUT2D eigenvalue weighted by Crippen LogP contribution is -2.26. The fraction of sp³-hybridized carbons (Fsp3) is 0.862. The summed E-state index contributed by atoms with van der Waals surface area (Å²) in [5.74, 6) is 4.53. The van der Waals surface area contributed by atoms with Gasteiger partial charge in [0.25, 0.3) is 0 Å². The fourth-order valence-electron chi connectivity index (χ4n) is 7.01. The third kappa shape index (κ3) is 8.16. The van der Waals surface area contributed by atoms with E-state index in [0.29, 0.717) is 6.10 Å². The Balaban J connectivity index is 1.42. The highest BCUT2D eigenvalue weighted by atomic mass is 31.0. The molecule has 0 aromatic carbocycles. The fourth-order valence-corrected chi connectivity index (χ4v) is 7.60. The van der Waals surface area contributed by atoms with E-state index in [1.54, 1.807) is 12.4 Å². The zero-order valence-corrected chi connectivity index (χ0v) is 22.5. The highest BCUT2D eigenvalue weighted by Gasteiger charge is 2.30. The van der Waals surface area contributed by atoms with Crippen LogP contribution in [0.25, 0.3) is 0 Å². The van der Waals surface area contributed by atoms with Gasteiger partial charge >= 0.3 is 0 Å². The number of ether oxygens (including phenoxy) is 2. The molecule has 0 N–H and O–H groups in total. The van der Waals surface area contributed by atoms with Crippen LogP contribution in [0.2, 0.25) is 0 Å². The first-order chi connectivity index (χ1) is 15.6. The zero-order chi connectivity index (χ0) is 22.8. The Hall–Kier alpha value is -0.330. The number of hydrogen-bond donors (Lipinski definition) is 0. The van der Waals surface area contributed by atoms with E-state index in [0.717, 1.165) is 36.2 Å². The van der Waals surface area contributed by atoms with Gasteiger partial charge in [-0.15, -0.1) is 9.24 Å². The van der Waals surface area contributed by atoms with Gasteiger partial charge in [0.1, 0.15) is 0 Å². The van der Waals surface area contributed by atoms with Crippen LogP contribution in [0.1, 0.15) is 110 Å². The number of methoxy groups -OCH3 is 1. The molecule has 3 heteroatoms. The van der Waals surface area contributed by atoms with Crippen LogP contribution in [-0.2, 0) is 9.47 Å². The topological polar surface area (TPSA) is 18.5 Å². The van der Waals surface area contributed by atoms with Crippen LogP contribution >= 0.6 is 9.24 Å². The Morgan fingerprint density at radius 1 is 0.938 bits per heavy atom. The summed E-state index contributed by atoms with van der Waals surface area (Å²) in [7, 11) is 4.92. The Morgan fingerprint density at radius 2 is 1.59 bits per heavy atom. The minimum atomic E-state index is 0.528. The first-order valence-corrected chi connectivity index (χ1v) is 14.5. The maximum absolute atomic E-state index is 5.89. The van der Waals surface area contributed by atoms with Gasteiger partial charge in [-0.05, 0) is 132 Å². The average Bonchev–Trinajstić information content (AvgIpc) is 2.81. The molecule has 2 unspecified atom stereocenters. The summed E-state index contributed by atoms with van der Waals surface area (Å²) in [5.41, 5.74) is 1.53. The van der Waals surface area contributed by atoms with Crippen molar-refractivity contribution in [2.75, 3.05) is 13.7 Å². The van der Waals surface area contributed by atoms with Gasteiger partial charge in [0.15, 0.2) is 0 Å². The van der Waals surface area contributed by atoms with Crippen molar-refractivity contribution in [1.82, 2.24) is 0 Å². The van der Waals surface area contributed by atoms with Gasteiger partial charge in [-0.25, -0.2) is 0 Å². The van der Waals surface area contributed by atoms with E-state index < -0.39 is 0 Å². The zero-order valence-electron chi connectivity index (χ0n) is 21.3. The molecule has 0 amide bonds. The first kappa shape index (κ1) is 26.3. The SMILES string of the molecule is CCCC(/C=C(/P)CC1CCC(C2CCC(=COC)CC2)CC1)C1CCC(OCC)CC1. The van der Waals surface area contributed by atoms with Crippen LogP contribution in [0.5, 0.6) is 0 Å². The smallest absolute Gasteiger partial charge is 0.0816 e. The van der Waals surface area contributed by atoms with Gasteiger partial charge in [0.05, 0.1) is 19.5 Å². The summed E-state index contributed by atoms with van der Waals surface area (Å²) in [6.07, 6.45) is 25.6. The summed E-state index contributed by atoms with van der Waals surface area (Å²) >= 11 is 0. The van der Waals surface area contributed by atoms with E-state index >= 15 is 0 Å². The maximum atomic E-state index is 5.89.